The second-order valence-electron chi connectivity index (χ2n) is 11.6. The summed E-state index contributed by atoms with van der Waals surface area (Å²) >= 11 is 1.62. The van der Waals surface area contributed by atoms with Crippen molar-refractivity contribution in [3.05, 3.63) is 158 Å². The predicted octanol–water partition coefficient (Wildman–Crippen LogP) is 10.4. The van der Waals surface area contributed by atoms with Gasteiger partial charge < -0.3 is 0 Å². The van der Waals surface area contributed by atoms with Crippen molar-refractivity contribution in [3.63, 3.8) is 0 Å². The molecule has 230 valence electrons. The van der Waals surface area contributed by atoms with E-state index in [4.69, 9.17) is 29.9 Å². The Morgan fingerprint density at radius 3 is 1.59 bits per heavy atom. The van der Waals surface area contributed by atoms with E-state index in [1.165, 1.54) is 0 Å². The lowest BCUT2D eigenvalue weighted by atomic mass is 10.0. The van der Waals surface area contributed by atoms with E-state index in [1.54, 1.807) is 17.7 Å². The molecule has 0 atom stereocenters. The maximum absolute atomic E-state index is 4.99. The van der Waals surface area contributed by atoms with Crippen LogP contribution in [-0.2, 0) is 0 Å². The first-order valence-electron chi connectivity index (χ1n) is 15.9. The van der Waals surface area contributed by atoms with E-state index in [2.05, 4.69) is 66.7 Å². The molecule has 0 radical (unpaired) electrons. The first-order chi connectivity index (χ1) is 24.3. The minimum absolute atomic E-state index is 0.604. The van der Waals surface area contributed by atoms with Gasteiger partial charge in [0, 0.05) is 39.4 Å². The molecule has 0 aliphatic heterocycles. The Kier molecular flexibility index (Phi) is 7.22. The number of hydrogen-bond donors (Lipinski definition) is 0. The highest BCUT2D eigenvalue weighted by molar-refractivity contribution is 7.25. The minimum Gasteiger partial charge on any atom is -0.245 e. The largest absolute Gasteiger partial charge is 0.245 e. The molecule has 4 aromatic heterocycles. The molecule has 49 heavy (non-hydrogen) atoms. The van der Waals surface area contributed by atoms with Gasteiger partial charge >= 0.3 is 0 Å². The van der Waals surface area contributed by atoms with Crippen LogP contribution in [-0.4, -0.2) is 29.9 Å². The fourth-order valence-corrected chi connectivity index (χ4v) is 7.14. The van der Waals surface area contributed by atoms with Gasteiger partial charge in [-0.2, -0.15) is 0 Å². The maximum atomic E-state index is 4.99. The van der Waals surface area contributed by atoms with Crippen molar-refractivity contribution in [1.82, 2.24) is 29.9 Å². The summed E-state index contributed by atoms with van der Waals surface area (Å²) in [6, 6.07) is 49.4. The molecular formula is C42H26N6S. The molecule has 0 bridgehead atoms. The van der Waals surface area contributed by atoms with Gasteiger partial charge in [0.25, 0.3) is 0 Å². The Hall–Kier alpha value is -6.44. The molecule has 9 aromatic rings. The maximum Gasteiger partial charge on any atom is 0.164 e. The van der Waals surface area contributed by atoms with E-state index in [1.807, 2.05) is 85.1 Å². The van der Waals surface area contributed by atoms with Crippen LogP contribution in [0.4, 0.5) is 0 Å². The van der Waals surface area contributed by atoms with Crippen LogP contribution in [0.3, 0.4) is 0 Å². The molecule has 0 aliphatic rings. The monoisotopic (exact) mass is 646 g/mol. The average Bonchev–Trinajstić information content (AvgIpc) is 3.57. The number of benzene rings is 5. The topological polar surface area (TPSA) is 77.3 Å². The van der Waals surface area contributed by atoms with Gasteiger partial charge in [-0.1, -0.05) is 133 Å². The number of nitrogens with zero attached hydrogens (tertiary/aromatic N) is 6. The van der Waals surface area contributed by atoms with Crippen molar-refractivity contribution in [1.29, 1.82) is 0 Å². The van der Waals surface area contributed by atoms with E-state index in [-0.39, 0.29) is 0 Å². The van der Waals surface area contributed by atoms with E-state index < -0.39 is 0 Å². The van der Waals surface area contributed by atoms with Crippen LogP contribution in [0.15, 0.2) is 158 Å². The highest BCUT2D eigenvalue weighted by atomic mass is 32.1. The summed E-state index contributed by atoms with van der Waals surface area (Å²) in [5, 5.41) is 1.03. The third-order valence-electron chi connectivity index (χ3n) is 8.53. The quantitative estimate of drug-likeness (QED) is 0.179. The Morgan fingerprint density at radius 1 is 0.388 bits per heavy atom. The van der Waals surface area contributed by atoms with E-state index in [9.17, 15) is 0 Å². The van der Waals surface area contributed by atoms with Gasteiger partial charge in [0.05, 0.1) is 15.9 Å². The summed E-state index contributed by atoms with van der Waals surface area (Å²) in [5.41, 5.74) is 9.95. The van der Waals surface area contributed by atoms with Crippen LogP contribution in [0.5, 0.6) is 0 Å². The van der Waals surface area contributed by atoms with Gasteiger partial charge in [0.2, 0.25) is 0 Å². The van der Waals surface area contributed by atoms with Gasteiger partial charge in [-0.05, 0) is 28.8 Å². The number of pyridine rings is 1. The lowest BCUT2D eigenvalue weighted by molar-refractivity contribution is 1.07. The summed E-state index contributed by atoms with van der Waals surface area (Å²) in [4.78, 5) is 30.0. The summed E-state index contributed by atoms with van der Waals surface area (Å²) in [6.07, 6.45) is 3.57. The molecule has 7 heteroatoms. The molecule has 4 heterocycles. The molecule has 0 fully saturated rings. The first kappa shape index (κ1) is 28.8. The van der Waals surface area contributed by atoms with Crippen molar-refractivity contribution < 1.29 is 0 Å². The molecule has 0 amide bonds. The van der Waals surface area contributed by atoms with Gasteiger partial charge in [-0.3, -0.25) is 0 Å². The SMILES string of the molecule is c1ccc(-c2cccc(-c3nc(-c4ccccc4)nc(-c4ccc(-c5ncnc6c5sc5ncc(-c7ccccc7)cc56)cc4)n3)c2)cc1. The van der Waals surface area contributed by atoms with Crippen molar-refractivity contribution in [3.8, 4) is 67.7 Å². The lowest BCUT2D eigenvalue weighted by Crippen LogP contribution is -2.00. The van der Waals surface area contributed by atoms with Crippen LogP contribution in [0, 0.1) is 0 Å². The van der Waals surface area contributed by atoms with Gasteiger partial charge in [-0.25, -0.2) is 29.9 Å². The smallest absolute Gasteiger partial charge is 0.164 e. The number of fused-ring (bicyclic) bond motifs is 3. The second kappa shape index (κ2) is 12.3. The Balaban J connectivity index is 1.11. The number of thiophene rings is 1. The summed E-state index contributed by atoms with van der Waals surface area (Å²) in [7, 11) is 0. The summed E-state index contributed by atoms with van der Waals surface area (Å²) < 4.78 is 1.01. The number of aromatic nitrogens is 6. The van der Waals surface area contributed by atoms with Gasteiger partial charge in [0.15, 0.2) is 17.5 Å². The fourth-order valence-electron chi connectivity index (χ4n) is 6.05. The lowest BCUT2D eigenvalue weighted by Gasteiger charge is -2.10. The molecule has 0 unspecified atom stereocenters. The van der Waals surface area contributed by atoms with Crippen molar-refractivity contribution in [2.24, 2.45) is 0 Å². The van der Waals surface area contributed by atoms with Gasteiger partial charge in [0.1, 0.15) is 11.2 Å². The molecular weight excluding hydrogens is 621 g/mol. The molecule has 0 spiro atoms. The number of hydrogen-bond acceptors (Lipinski definition) is 7. The van der Waals surface area contributed by atoms with Crippen LogP contribution >= 0.6 is 11.3 Å². The van der Waals surface area contributed by atoms with Crippen LogP contribution in [0.2, 0.25) is 0 Å². The molecule has 6 nitrogen and oxygen atoms in total. The van der Waals surface area contributed by atoms with E-state index >= 15 is 0 Å². The van der Waals surface area contributed by atoms with Crippen LogP contribution in [0.25, 0.3) is 88.1 Å². The molecule has 9 rings (SSSR count). The Morgan fingerprint density at radius 2 is 0.918 bits per heavy atom. The summed E-state index contributed by atoms with van der Waals surface area (Å²) in [6.45, 7) is 0. The number of rotatable bonds is 6. The Bertz CT molecular complexity index is 2590. The van der Waals surface area contributed by atoms with Crippen LogP contribution in [0.1, 0.15) is 0 Å². The van der Waals surface area contributed by atoms with Crippen molar-refractivity contribution >= 4 is 31.8 Å². The fraction of sp³-hybridized carbons (Fsp3) is 0. The molecule has 0 saturated heterocycles. The van der Waals surface area contributed by atoms with Crippen molar-refractivity contribution in [2.75, 3.05) is 0 Å². The summed E-state index contributed by atoms with van der Waals surface area (Å²) in [5.74, 6) is 1.85. The highest BCUT2D eigenvalue weighted by Gasteiger charge is 2.17. The predicted molar refractivity (Wildman–Crippen MR) is 199 cm³/mol. The zero-order valence-corrected chi connectivity index (χ0v) is 26.9. The molecule has 5 aromatic carbocycles. The zero-order valence-electron chi connectivity index (χ0n) is 26.1. The molecule has 0 N–H and O–H groups in total. The average molecular weight is 647 g/mol. The first-order valence-corrected chi connectivity index (χ1v) is 16.8. The third kappa shape index (κ3) is 5.52. The normalized spacial score (nSPS) is 11.3. The molecule has 0 saturated carbocycles. The zero-order chi connectivity index (χ0) is 32.6. The van der Waals surface area contributed by atoms with Gasteiger partial charge in [-0.15, -0.1) is 11.3 Å². The van der Waals surface area contributed by atoms with Crippen LogP contribution < -0.4 is 0 Å². The molecule has 0 aliphatic carbocycles. The van der Waals surface area contributed by atoms with E-state index in [0.717, 1.165) is 70.6 Å². The van der Waals surface area contributed by atoms with Crippen molar-refractivity contribution in [2.45, 2.75) is 0 Å². The third-order valence-corrected chi connectivity index (χ3v) is 9.64. The minimum atomic E-state index is 0.604. The highest BCUT2D eigenvalue weighted by Crippen LogP contribution is 2.38. The second-order valence-corrected chi connectivity index (χ2v) is 12.6. The standard InChI is InChI=1S/C42H26N6S/c1-4-11-27(12-5-1)32-17-10-18-33(23-32)41-47-39(30-15-8-3-9-16-30)46-40(48-41)31-21-19-29(20-22-31)36-38-37(45-26-44-36)35-24-34(25-43-42(35)49-38)28-13-6-2-7-14-28/h1-26H. The van der Waals surface area contributed by atoms with E-state index in [0.29, 0.717) is 17.5 Å². The Labute approximate surface area is 286 Å².